The number of aromatic nitrogens is 5. The fraction of sp³-hybridized carbons (Fsp3) is 0.227. The van der Waals surface area contributed by atoms with Gasteiger partial charge in [0.2, 0.25) is 5.89 Å². The SMILES string of the molecule is CNCc1ccc(-c2nnc(-c3cncc(-c4ccc(=O)n(C(C)C)c4)n3)o2)cc1. The number of rotatable bonds is 6. The summed E-state index contributed by atoms with van der Waals surface area (Å²) in [6.45, 7) is 4.71. The molecule has 152 valence electrons. The van der Waals surface area contributed by atoms with Crippen LogP contribution in [0.15, 0.2) is 64.2 Å². The predicted octanol–water partition coefficient (Wildman–Crippen LogP) is 3.32. The highest BCUT2D eigenvalue weighted by Gasteiger charge is 2.14. The largest absolute Gasteiger partial charge is 0.415 e. The number of hydrogen-bond acceptors (Lipinski definition) is 7. The number of hydrogen-bond donors (Lipinski definition) is 1. The third kappa shape index (κ3) is 4.04. The Morgan fingerprint density at radius 2 is 1.67 bits per heavy atom. The Balaban J connectivity index is 1.64. The summed E-state index contributed by atoms with van der Waals surface area (Å²) in [7, 11) is 1.91. The molecule has 0 fully saturated rings. The summed E-state index contributed by atoms with van der Waals surface area (Å²) in [5.41, 5.74) is 3.83. The second-order valence-electron chi connectivity index (χ2n) is 7.19. The molecule has 0 aliphatic heterocycles. The summed E-state index contributed by atoms with van der Waals surface area (Å²) >= 11 is 0. The van der Waals surface area contributed by atoms with Crippen LogP contribution in [0, 0.1) is 0 Å². The second-order valence-corrected chi connectivity index (χ2v) is 7.19. The van der Waals surface area contributed by atoms with E-state index < -0.39 is 0 Å². The van der Waals surface area contributed by atoms with E-state index in [1.54, 1.807) is 29.2 Å². The maximum atomic E-state index is 12.0. The van der Waals surface area contributed by atoms with Crippen molar-refractivity contribution < 1.29 is 4.42 Å². The van der Waals surface area contributed by atoms with Crippen molar-refractivity contribution in [1.29, 1.82) is 0 Å². The summed E-state index contributed by atoms with van der Waals surface area (Å²) in [6.07, 6.45) is 5.01. The van der Waals surface area contributed by atoms with Crippen LogP contribution >= 0.6 is 0 Å². The average Bonchev–Trinajstić information content (AvgIpc) is 3.25. The molecule has 1 N–H and O–H groups in total. The fourth-order valence-electron chi connectivity index (χ4n) is 3.08. The Morgan fingerprint density at radius 1 is 0.967 bits per heavy atom. The van der Waals surface area contributed by atoms with Crippen LogP contribution in [-0.2, 0) is 6.54 Å². The van der Waals surface area contributed by atoms with E-state index in [1.807, 2.05) is 45.2 Å². The lowest BCUT2D eigenvalue weighted by atomic mass is 10.1. The van der Waals surface area contributed by atoms with E-state index in [2.05, 4.69) is 25.5 Å². The molecular formula is C22H22N6O2. The minimum Gasteiger partial charge on any atom is -0.415 e. The molecule has 1 aromatic carbocycles. The van der Waals surface area contributed by atoms with Gasteiger partial charge in [-0.15, -0.1) is 10.2 Å². The van der Waals surface area contributed by atoms with Gasteiger partial charge in [-0.05, 0) is 44.7 Å². The van der Waals surface area contributed by atoms with Crippen LogP contribution in [-0.4, -0.2) is 31.8 Å². The quantitative estimate of drug-likeness (QED) is 0.528. The van der Waals surface area contributed by atoms with E-state index in [0.29, 0.717) is 17.3 Å². The molecule has 0 radical (unpaired) electrons. The molecule has 0 aliphatic carbocycles. The lowest BCUT2D eigenvalue weighted by Gasteiger charge is -2.11. The van der Waals surface area contributed by atoms with Gasteiger partial charge in [0, 0.05) is 36.0 Å². The molecule has 3 aromatic heterocycles. The first-order chi connectivity index (χ1) is 14.5. The van der Waals surface area contributed by atoms with Gasteiger partial charge in [-0.25, -0.2) is 4.98 Å². The Kier molecular flexibility index (Phi) is 5.49. The molecule has 0 atom stereocenters. The molecule has 3 heterocycles. The highest BCUT2D eigenvalue weighted by molar-refractivity contribution is 5.61. The summed E-state index contributed by atoms with van der Waals surface area (Å²) in [6, 6.07) is 11.2. The van der Waals surface area contributed by atoms with Crippen LogP contribution in [0.3, 0.4) is 0 Å². The Morgan fingerprint density at radius 3 is 2.40 bits per heavy atom. The van der Waals surface area contributed by atoms with Crippen molar-refractivity contribution in [1.82, 2.24) is 30.0 Å². The number of pyridine rings is 1. The maximum Gasteiger partial charge on any atom is 0.268 e. The van der Waals surface area contributed by atoms with Crippen molar-refractivity contribution in [2.75, 3.05) is 7.05 Å². The van der Waals surface area contributed by atoms with Gasteiger partial charge in [0.1, 0.15) is 5.69 Å². The van der Waals surface area contributed by atoms with Crippen LogP contribution in [0.1, 0.15) is 25.5 Å². The molecule has 0 spiro atoms. The highest BCUT2D eigenvalue weighted by Crippen LogP contribution is 2.24. The topological polar surface area (TPSA) is 98.7 Å². The molecule has 0 aliphatic rings. The molecule has 8 nitrogen and oxygen atoms in total. The first-order valence-corrected chi connectivity index (χ1v) is 9.67. The first kappa shape index (κ1) is 19.7. The normalized spacial score (nSPS) is 11.2. The van der Waals surface area contributed by atoms with E-state index in [0.717, 1.165) is 17.7 Å². The zero-order valence-corrected chi connectivity index (χ0v) is 17.0. The lowest BCUT2D eigenvalue weighted by Crippen LogP contribution is -2.20. The highest BCUT2D eigenvalue weighted by atomic mass is 16.4. The standard InChI is InChI=1S/C22H22N6O2/c1-14(2)28-13-17(8-9-20(28)29)18-11-24-12-19(25-18)22-27-26-21(30-22)16-6-4-15(5-7-16)10-23-3/h4-9,11-14,23H,10H2,1-3H3. The van der Waals surface area contributed by atoms with Crippen molar-refractivity contribution in [3.05, 3.63) is 70.9 Å². The summed E-state index contributed by atoms with van der Waals surface area (Å²) in [5, 5.41) is 11.4. The molecule has 0 bridgehead atoms. The van der Waals surface area contributed by atoms with Crippen molar-refractivity contribution in [2.24, 2.45) is 0 Å². The van der Waals surface area contributed by atoms with Gasteiger partial charge in [0.15, 0.2) is 0 Å². The molecule has 0 unspecified atom stereocenters. The smallest absolute Gasteiger partial charge is 0.268 e. The van der Waals surface area contributed by atoms with Gasteiger partial charge in [-0.1, -0.05) is 12.1 Å². The first-order valence-electron chi connectivity index (χ1n) is 9.67. The Hall–Kier alpha value is -3.65. The van der Waals surface area contributed by atoms with Crippen LogP contribution < -0.4 is 10.9 Å². The van der Waals surface area contributed by atoms with Gasteiger partial charge < -0.3 is 14.3 Å². The minimum atomic E-state index is -0.0554. The molecule has 0 saturated heterocycles. The predicted molar refractivity (Wildman–Crippen MR) is 114 cm³/mol. The van der Waals surface area contributed by atoms with Crippen LogP contribution in [0.25, 0.3) is 34.3 Å². The minimum absolute atomic E-state index is 0.0478. The van der Waals surface area contributed by atoms with Crippen molar-refractivity contribution in [3.63, 3.8) is 0 Å². The van der Waals surface area contributed by atoms with E-state index in [9.17, 15) is 4.79 Å². The zero-order valence-electron chi connectivity index (χ0n) is 17.0. The van der Waals surface area contributed by atoms with E-state index >= 15 is 0 Å². The molecule has 4 rings (SSSR count). The Bertz CT molecular complexity index is 1210. The summed E-state index contributed by atoms with van der Waals surface area (Å²) < 4.78 is 7.49. The Labute approximate surface area is 173 Å². The van der Waals surface area contributed by atoms with Crippen LogP contribution in [0.5, 0.6) is 0 Å². The van der Waals surface area contributed by atoms with Gasteiger partial charge in [0.05, 0.1) is 18.1 Å². The van der Waals surface area contributed by atoms with Crippen molar-refractivity contribution in [3.8, 4) is 34.3 Å². The molecular weight excluding hydrogens is 380 g/mol. The average molecular weight is 402 g/mol. The number of benzene rings is 1. The lowest BCUT2D eigenvalue weighted by molar-refractivity contribution is 0.578. The third-order valence-electron chi connectivity index (χ3n) is 4.65. The van der Waals surface area contributed by atoms with Crippen LogP contribution in [0.4, 0.5) is 0 Å². The molecule has 30 heavy (non-hydrogen) atoms. The van der Waals surface area contributed by atoms with Crippen molar-refractivity contribution >= 4 is 0 Å². The fourth-order valence-corrected chi connectivity index (χ4v) is 3.08. The molecule has 8 heteroatoms. The monoisotopic (exact) mass is 402 g/mol. The summed E-state index contributed by atoms with van der Waals surface area (Å²) in [5.74, 6) is 0.706. The maximum absolute atomic E-state index is 12.0. The van der Waals surface area contributed by atoms with Gasteiger partial charge in [-0.3, -0.25) is 9.78 Å². The van der Waals surface area contributed by atoms with Crippen LogP contribution in [0.2, 0.25) is 0 Å². The van der Waals surface area contributed by atoms with Gasteiger partial charge in [0.25, 0.3) is 11.4 Å². The van der Waals surface area contributed by atoms with E-state index in [-0.39, 0.29) is 17.5 Å². The number of nitrogens with one attached hydrogen (secondary N) is 1. The third-order valence-corrected chi connectivity index (χ3v) is 4.65. The molecule has 0 saturated carbocycles. The van der Waals surface area contributed by atoms with Gasteiger partial charge >= 0.3 is 0 Å². The molecule has 0 amide bonds. The van der Waals surface area contributed by atoms with E-state index in [1.165, 1.54) is 11.6 Å². The van der Waals surface area contributed by atoms with Crippen molar-refractivity contribution in [2.45, 2.75) is 26.4 Å². The second kappa shape index (κ2) is 8.38. The zero-order chi connectivity index (χ0) is 21.1. The number of nitrogens with zero attached hydrogens (tertiary/aromatic N) is 5. The molecule has 4 aromatic rings. The van der Waals surface area contributed by atoms with E-state index in [4.69, 9.17) is 4.42 Å². The van der Waals surface area contributed by atoms with Gasteiger partial charge in [-0.2, -0.15) is 0 Å². The summed E-state index contributed by atoms with van der Waals surface area (Å²) in [4.78, 5) is 20.9.